The van der Waals surface area contributed by atoms with Crippen LogP contribution in [0.1, 0.15) is 36.0 Å². The molecule has 3 rings (SSSR count). The molecule has 2 aromatic carbocycles. The van der Waals surface area contributed by atoms with Crippen LogP contribution in [0.3, 0.4) is 0 Å². The monoisotopic (exact) mass is 350 g/mol. The zero-order valence-corrected chi connectivity index (χ0v) is 13.3. The van der Waals surface area contributed by atoms with Crippen LogP contribution in [0.5, 0.6) is 0 Å². The van der Waals surface area contributed by atoms with E-state index in [0.29, 0.717) is 0 Å². The minimum atomic E-state index is -0.216. The average Bonchev–Trinajstić information content (AvgIpc) is 2.85. The van der Waals surface area contributed by atoms with Crippen molar-refractivity contribution in [3.05, 3.63) is 70.8 Å². The second-order valence-corrected chi connectivity index (χ2v) is 6.48. The van der Waals surface area contributed by atoms with Gasteiger partial charge in [0, 0.05) is 10.7 Å². The second-order valence-electron chi connectivity index (χ2n) is 5.68. The zero-order chi connectivity index (χ0) is 14.9. The maximum Gasteiger partial charge on any atom is 0.123 e. The Bertz CT molecular complexity index is 636. The highest BCUT2D eigenvalue weighted by atomic mass is 79.9. The zero-order valence-electron chi connectivity index (χ0n) is 11.7. The van der Waals surface area contributed by atoms with E-state index in [4.69, 9.17) is 0 Å². The summed E-state index contributed by atoms with van der Waals surface area (Å²) in [5.41, 5.74) is 3.32. The maximum atomic E-state index is 13.5. The molecule has 1 aliphatic rings. The lowest BCUT2D eigenvalue weighted by Crippen LogP contribution is -2.25. The van der Waals surface area contributed by atoms with Crippen molar-refractivity contribution >= 4 is 15.9 Å². The molecule has 3 heteroatoms. The Balaban J connectivity index is 2.10. The fourth-order valence-corrected chi connectivity index (χ4v) is 3.84. The molecular formula is C18H17BrF2. The first kappa shape index (κ1) is 14.7. The Kier molecular flexibility index (Phi) is 4.12. The van der Waals surface area contributed by atoms with Gasteiger partial charge in [-0.25, -0.2) is 8.78 Å². The summed E-state index contributed by atoms with van der Waals surface area (Å²) in [5, 5.41) is 0.937. The van der Waals surface area contributed by atoms with Gasteiger partial charge in [0.1, 0.15) is 11.6 Å². The van der Waals surface area contributed by atoms with Crippen LogP contribution in [-0.2, 0) is 11.8 Å². The van der Waals surface area contributed by atoms with E-state index in [1.807, 2.05) is 18.2 Å². The van der Waals surface area contributed by atoms with Gasteiger partial charge in [0.25, 0.3) is 0 Å². The number of halogens is 3. The van der Waals surface area contributed by atoms with Crippen LogP contribution in [0.15, 0.2) is 42.5 Å². The molecule has 1 aliphatic carbocycles. The third-order valence-electron chi connectivity index (χ3n) is 4.54. The van der Waals surface area contributed by atoms with E-state index >= 15 is 0 Å². The first-order chi connectivity index (χ1) is 10.2. The van der Waals surface area contributed by atoms with E-state index in [1.54, 1.807) is 6.07 Å². The second kappa shape index (κ2) is 5.88. The van der Waals surface area contributed by atoms with Crippen LogP contribution in [0.2, 0.25) is 0 Å². The Morgan fingerprint density at radius 1 is 1.00 bits per heavy atom. The predicted molar refractivity (Wildman–Crippen MR) is 84.9 cm³/mol. The number of aryl methyl sites for hydroxylation is 1. The highest BCUT2D eigenvalue weighted by Gasteiger charge is 2.39. The van der Waals surface area contributed by atoms with Crippen molar-refractivity contribution < 1.29 is 8.78 Å². The normalized spacial score (nSPS) is 20.5. The number of fused-ring (bicyclic) bond motifs is 1. The lowest BCUT2D eigenvalue weighted by Gasteiger charge is -2.31. The van der Waals surface area contributed by atoms with Gasteiger partial charge in [0.05, 0.1) is 0 Å². The molecule has 2 aromatic rings. The van der Waals surface area contributed by atoms with Gasteiger partial charge in [0.2, 0.25) is 0 Å². The van der Waals surface area contributed by atoms with E-state index in [0.717, 1.165) is 42.1 Å². The van der Waals surface area contributed by atoms with Gasteiger partial charge >= 0.3 is 0 Å². The number of hydrogen-bond donors (Lipinski definition) is 0. The smallest absolute Gasteiger partial charge is 0.123 e. The minimum absolute atomic E-state index is 0.107. The molecule has 0 saturated carbocycles. The summed E-state index contributed by atoms with van der Waals surface area (Å²) in [4.78, 5) is 0. The Hall–Kier alpha value is -1.22. The third kappa shape index (κ3) is 2.64. The van der Waals surface area contributed by atoms with E-state index < -0.39 is 0 Å². The average molecular weight is 351 g/mol. The topological polar surface area (TPSA) is 0 Å². The van der Waals surface area contributed by atoms with E-state index in [2.05, 4.69) is 15.9 Å². The molecule has 0 aromatic heterocycles. The highest BCUT2D eigenvalue weighted by molar-refractivity contribution is 9.09. The molecule has 0 amide bonds. The first-order valence-electron chi connectivity index (χ1n) is 7.27. The molecular weight excluding hydrogens is 334 g/mol. The summed E-state index contributed by atoms with van der Waals surface area (Å²) in [6.07, 6.45) is 3.87. The van der Waals surface area contributed by atoms with Crippen LogP contribution >= 0.6 is 15.9 Å². The van der Waals surface area contributed by atoms with E-state index in [9.17, 15) is 8.78 Å². The minimum Gasteiger partial charge on any atom is -0.207 e. The lowest BCUT2D eigenvalue weighted by atomic mass is 9.72. The van der Waals surface area contributed by atoms with Crippen LogP contribution in [0, 0.1) is 11.6 Å². The molecule has 1 atom stereocenters. The van der Waals surface area contributed by atoms with Crippen LogP contribution in [0.25, 0.3) is 0 Å². The standard InChI is InChI=1S/C18H17BrF2/c19-11-1-9-18(14-2-4-15(20)5-3-14)10-8-13-12-16(21)6-7-17(13)18/h2-7,12H,1,8-11H2. The van der Waals surface area contributed by atoms with Gasteiger partial charge in [-0.15, -0.1) is 0 Å². The third-order valence-corrected chi connectivity index (χ3v) is 5.10. The van der Waals surface area contributed by atoms with Gasteiger partial charge in [-0.1, -0.05) is 34.1 Å². The largest absolute Gasteiger partial charge is 0.207 e. The van der Waals surface area contributed by atoms with Crippen molar-refractivity contribution in [3.63, 3.8) is 0 Å². The maximum absolute atomic E-state index is 13.5. The summed E-state index contributed by atoms with van der Waals surface area (Å²) >= 11 is 3.50. The van der Waals surface area contributed by atoms with Crippen LogP contribution in [0.4, 0.5) is 8.78 Å². The highest BCUT2D eigenvalue weighted by Crippen LogP contribution is 2.47. The molecule has 110 valence electrons. The number of rotatable bonds is 4. The fraction of sp³-hybridized carbons (Fsp3) is 0.333. The molecule has 0 spiro atoms. The SMILES string of the molecule is Fc1ccc(C2(CCCBr)CCc3cc(F)ccc32)cc1. The molecule has 1 unspecified atom stereocenters. The van der Waals surface area contributed by atoms with Gasteiger partial charge < -0.3 is 0 Å². The summed E-state index contributed by atoms with van der Waals surface area (Å²) in [7, 11) is 0. The van der Waals surface area contributed by atoms with Crippen molar-refractivity contribution in [3.8, 4) is 0 Å². The molecule has 0 nitrogen and oxygen atoms in total. The van der Waals surface area contributed by atoms with Crippen molar-refractivity contribution in [1.29, 1.82) is 0 Å². The summed E-state index contributed by atoms with van der Waals surface area (Å²) in [6, 6.07) is 11.9. The molecule has 0 N–H and O–H groups in total. The molecule has 21 heavy (non-hydrogen) atoms. The van der Waals surface area contributed by atoms with Gasteiger partial charge in [-0.2, -0.15) is 0 Å². The number of alkyl halides is 1. The Labute approximate surface area is 132 Å². The van der Waals surface area contributed by atoms with Crippen LogP contribution in [-0.4, -0.2) is 5.33 Å². The Morgan fingerprint density at radius 2 is 1.71 bits per heavy atom. The molecule has 0 aliphatic heterocycles. The summed E-state index contributed by atoms with van der Waals surface area (Å²) < 4.78 is 26.7. The van der Waals surface area contributed by atoms with E-state index in [1.165, 1.54) is 23.8 Å². The van der Waals surface area contributed by atoms with Gasteiger partial charge in [-0.05, 0) is 66.6 Å². The molecule has 0 bridgehead atoms. The molecule has 0 saturated heterocycles. The summed E-state index contributed by atoms with van der Waals surface area (Å²) in [6.45, 7) is 0. The van der Waals surface area contributed by atoms with Gasteiger partial charge in [-0.3, -0.25) is 0 Å². The Morgan fingerprint density at radius 3 is 2.43 bits per heavy atom. The first-order valence-corrected chi connectivity index (χ1v) is 8.39. The van der Waals surface area contributed by atoms with Gasteiger partial charge in [0.15, 0.2) is 0 Å². The molecule has 0 radical (unpaired) electrons. The summed E-state index contributed by atoms with van der Waals surface area (Å²) in [5.74, 6) is -0.393. The van der Waals surface area contributed by atoms with Crippen LogP contribution < -0.4 is 0 Å². The quantitative estimate of drug-likeness (QED) is 0.650. The predicted octanol–water partition coefficient (Wildman–Crippen LogP) is 5.37. The van der Waals surface area contributed by atoms with E-state index in [-0.39, 0.29) is 17.0 Å². The number of hydrogen-bond acceptors (Lipinski definition) is 0. The molecule has 0 fully saturated rings. The van der Waals surface area contributed by atoms with Crippen molar-refractivity contribution in [1.82, 2.24) is 0 Å². The lowest BCUT2D eigenvalue weighted by molar-refractivity contribution is 0.464. The van der Waals surface area contributed by atoms with Crippen molar-refractivity contribution in [2.45, 2.75) is 31.1 Å². The fourth-order valence-electron chi connectivity index (χ4n) is 3.56. The van der Waals surface area contributed by atoms with Crippen molar-refractivity contribution in [2.24, 2.45) is 0 Å². The molecule has 0 heterocycles. The van der Waals surface area contributed by atoms with Crippen molar-refractivity contribution in [2.75, 3.05) is 5.33 Å². The number of benzene rings is 2.